The number of rotatable bonds is 7. The molecule has 0 saturated carbocycles. The van der Waals surface area contributed by atoms with Crippen molar-refractivity contribution in [2.45, 2.75) is 12.5 Å². The third-order valence-electron chi connectivity index (χ3n) is 5.05. The maximum absolute atomic E-state index is 13.2. The molecule has 10 heteroatoms. The van der Waals surface area contributed by atoms with Gasteiger partial charge in [-0.2, -0.15) is 0 Å². The van der Waals surface area contributed by atoms with Crippen LogP contribution in [-0.2, 0) is 11.2 Å². The van der Waals surface area contributed by atoms with Crippen LogP contribution in [0.4, 0.5) is 32.1 Å². The summed E-state index contributed by atoms with van der Waals surface area (Å²) in [6, 6.07) is 12.6. The maximum atomic E-state index is 13.2. The minimum atomic E-state index is -0.472. The van der Waals surface area contributed by atoms with E-state index in [9.17, 15) is 9.18 Å². The molecule has 0 fully saturated rings. The second-order valence-electron chi connectivity index (χ2n) is 7.36. The monoisotopic (exact) mass is 437 g/mol. The highest BCUT2D eigenvalue weighted by Gasteiger charge is 2.16. The first-order valence-corrected chi connectivity index (χ1v) is 9.98. The molecule has 0 unspecified atom stereocenters. The van der Waals surface area contributed by atoms with E-state index in [1.165, 1.54) is 19.2 Å². The number of halogens is 1. The third-order valence-corrected chi connectivity index (χ3v) is 5.05. The van der Waals surface area contributed by atoms with Crippen LogP contribution in [0.15, 0.2) is 54.7 Å². The molecule has 4 rings (SSSR count). The lowest BCUT2D eigenvalue weighted by atomic mass is 10.0. The molecule has 7 N–H and O–H groups in total. The molecule has 0 radical (unpaired) electrons. The summed E-state index contributed by atoms with van der Waals surface area (Å²) < 4.78 is 18.4. The van der Waals surface area contributed by atoms with Gasteiger partial charge in [-0.25, -0.2) is 14.2 Å². The van der Waals surface area contributed by atoms with Gasteiger partial charge in [-0.05, 0) is 41.0 Å². The number of hydrogen-bond donors (Lipinski definition) is 6. The van der Waals surface area contributed by atoms with Gasteiger partial charge in [0.25, 0.3) is 0 Å². The van der Waals surface area contributed by atoms with Gasteiger partial charge < -0.3 is 26.6 Å². The number of anilines is 4. The average molecular weight is 437 g/mol. The maximum Gasteiger partial charge on any atom is 0.320 e. The number of benzene rings is 2. The molecule has 1 aliphatic rings. The number of methoxy groups -OCH3 is 1. The molecular weight excluding hydrogens is 413 g/mol. The van der Waals surface area contributed by atoms with Crippen molar-refractivity contribution in [1.82, 2.24) is 15.8 Å². The smallest absolute Gasteiger partial charge is 0.320 e. The Hall–Kier alpha value is -3.89. The number of carbonyl (C=O) groups is 1. The fourth-order valence-corrected chi connectivity index (χ4v) is 3.41. The van der Waals surface area contributed by atoms with Crippen LogP contribution < -0.4 is 32.8 Å². The molecule has 9 nitrogen and oxygen atoms in total. The summed E-state index contributed by atoms with van der Waals surface area (Å²) >= 11 is 0. The number of pyridine rings is 1. The second kappa shape index (κ2) is 9.50. The fourth-order valence-electron chi connectivity index (χ4n) is 3.41. The largest absolute Gasteiger partial charge is 0.398 e. The van der Waals surface area contributed by atoms with E-state index >= 15 is 0 Å². The van der Waals surface area contributed by atoms with Crippen molar-refractivity contribution in [3.05, 3.63) is 77.2 Å². The van der Waals surface area contributed by atoms with Crippen LogP contribution in [0.25, 0.3) is 0 Å². The van der Waals surface area contributed by atoms with E-state index in [4.69, 9.17) is 10.5 Å². The molecule has 0 saturated heterocycles. The van der Waals surface area contributed by atoms with E-state index in [0.717, 1.165) is 28.1 Å². The van der Waals surface area contributed by atoms with Crippen molar-refractivity contribution in [1.29, 1.82) is 0 Å². The third kappa shape index (κ3) is 5.05. The summed E-state index contributed by atoms with van der Waals surface area (Å²) in [6.45, 7) is 0.230. The van der Waals surface area contributed by atoms with E-state index in [0.29, 0.717) is 17.9 Å². The summed E-state index contributed by atoms with van der Waals surface area (Å²) in [6.07, 6.45) is 2.25. The molecule has 2 amide bonds. The first-order chi connectivity index (χ1) is 15.5. The van der Waals surface area contributed by atoms with Crippen molar-refractivity contribution in [3.8, 4) is 0 Å². The molecular formula is C22H24FN7O2. The van der Waals surface area contributed by atoms with Crippen molar-refractivity contribution in [2.75, 3.05) is 35.6 Å². The molecule has 32 heavy (non-hydrogen) atoms. The van der Waals surface area contributed by atoms with Gasteiger partial charge in [0.2, 0.25) is 0 Å². The number of nitrogens with zero attached hydrogens (tertiary/aromatic N) is 1. The lowest BCUT2D eigenvalue weighted by molar-refractivity contribution is 0.168. The summed E-state index contributed by atoms with van der Waals surface area (Å²) in [4.78, 5) is 16.8. The summed E-state index contributed by atoms with van der Waals surface area (Å²) in [5.41, 5.74) is 20.1. The molecule has 2 heterocycles. The van der Waals surface area contributed by atoms with E-state index in [-0.39, 0.29) is 12.4 Å². The number of ether oxygens (including phenoxy) is 1. The van der Waals surface area contributed by atoms with E-state index < -0.39 is 12.1 Å². The van der Waals surface area contributed by atoms with Gasteiger partial charge in [-0.1, -0.05) is 18.2 Å². The van der Waals surface area contributed by atoms with Crippen molar-refractivity contribution >= 4 is 28.9 Å². The van der Waals surface area contributed by atoms with Crippen LogP contribution >= 0.6 is 0 Å². The highest BCUT2D eigenvalue weighted by Crippen LogP contribution is 2.27. The Morgan fingerprint density at radius 2 is 1.94 bits per heavy atom. The molecule has 2 aromatic carbocycles. The SMILES string of the molecule is COC[C@@H](NC(=O)Nc1cc(N)c(Cc2ccc3c(c2)NNN3)cn1)c1ccc(F)cc1. The van der Waals surface area contributed by atoms with Gasteiger partial charge in [0.15, 0.2) is 0 Å². The predicted octanol–water partition coefficient (Wildman–Crippen LogP) is 3.16. The lowest BCUT2D eigenvalue weighted by Gasteiger charge is -2.19. The first kappa shape index (κ1) is 21.3. The Morgan fingerprint density at radius 3 is 2.69 bits per heavy atom. The number of nitrogens with one attached hydrogen (secondary N) is 5. The number of hydrazine groups is 2. The van der Waals surface area contributed by atoms with Crippen LogP contribution in [-0.4, -0.2) is 24.7 Å². The number of nitrogen functional groups attached to an aromatic ring is 1. The molecule has 0 aliphatic carbocycles. The second-order valence-corrected chi connectivity index (χ2v) is 7.36. The number of fused-ring (bicyclic) bond motifs is 1. The van der Waals surface area contributed by atoms with Gasteiger partial charge >= 0.3 is 6.03 Å². The minimum Gasteiger partial charge on any atom is -0.398 e. The summed E-state index contributed by atoms with van der Waals surface area (Å²) in [7, 11) is 1.53. The molecule has 1 aromatic heterocycles. The van der Waals surface area contributed by atoms with Crippen LogP contribution in [0.3, 0.4) is 0 Å². The Balaban J connectivity index is 1.40. The highest BCUT2D eigenvalue weighted by molar-refractivity contribution is 5.89. The number of hydrogen-bond acceptors (Lipinski definition) is 7. The number of aromatic nitrogens is 1. The zero-order chi connectivity index (χ0) is 22.5. The summed E-state index contributed by atoms with van der Waals surface area (Å²) in [5, 5.41) is 5.48. The lowest BCUT2D eigenvalue weighted by Crippen LogP contribution is -2.35. The van der Waals surface area contributed by atoms with Crippen molar-refractivity contribution < 1.29 is 13.9 Å². The van der Waals surface area contributed by atoms with Crippen LogP contribution in [0.5, 0.6) is 0 Å². The Labute approximate surface area is 184 Å². The highest BCUT2D eigenvalue weighted by atomic mass is 19.1. The quantitative estimate of drug-likeness (QED) is 0.335. The standard InChI is InChI=1S/C22H24FN7O2/c1-32-12-20(14-3-5-16(23)6-4-14)26-22(31)27-21-10-17(24)15(11-25-21)8-13-2-7-18-19(9-13)29-30-28-18/h2-7,9-11,20,28-30H,8,12H2,1H3,(H4,24,25,26,27,31)/t20-/m1/s1. The number of urea groups is 1. The fraction of sp³-hybridized carbons (Fsp3) is 0.182. The molecule has 166 valence electrons. The number of nitrogens with two attached hydrogens (primary N) is 1. The molecule has 1 atom stereocenters. The van der Waals surface area contributed by atoms with Gasteiger partial charge in [-0.15, -0.1) is 5.53 Å². The summed E-state index contributed by atoms with van der Waals surface area (Å²) in [5.74, 6) is -0.0262. The predicted molar refractivity (Wildman–Crippen MR) is 121 cm³/mol. The molecule has 0 spiro atoms. The Morgan fingerprint density at radius 1 is 1.16 bits per heavy atom. The zero-order valence-corrected chi connectivity index (χ0v) is 17.4. The minimum absolute atomic E-state index is 0.230. The first-order valence-electron chi connectivity index (χ1n) is 9.98. The van der Waals surface area contributed by atoms with E-state index in [1.807, 2.05) is 18.2 Å². The van der Waals surface area contributed by atoms with Crippen LogP contribution in [0, 0.1) is 5.82 Å². The Kier molecular flexibility index (Phi) is 6.34. The van der Waals surface area contributed by atoms with Gasteiger partial charge in [-0.3, -0.25) is 5.32 Å². The van der Waals surface area contributed by atoms with Crippen molar-refractivity contribution in [2.24, 2.45) is 0 Å². The van der Waals surface area contributed by atoms with E-state index in [1.54, 1.807) is 24.4 Å². The van der Waals surface area contributed by atoms with Crippen LogP contribution in [0.2, 0.25) is 0 Å². The Bertz CT molecular complexity index is 1110. The molecule has 3 aromatic rings. The van der Waals surface area contributed by atoms with Crippen molar-refractivity contribution in [3.63, 3.8) is 0 Å². The average Bonchev–Trinajstić information content (AvgIpc) is 3.24. The normalized spacial score (nSPS) is 12.9. The number of carbonyl (C=O) groups excluding carboxylic acids is 1. The van der Waals surface area contributed by atoms with Crippen LogP contribution in [0.1, 0.15) is 22.7 Å². The number of amides is 2. The van der Waals surface area contributed by atoms with Gasteiger partial charge in [0, 0.05) is 31.5 Å². The topological polar surface area (TPSA) is 125 Å². The molecule has 0 bridgehead atoms. The van der Waals surface area contributed by atoms with E-state index in [2.05, 4.69) is 32.0 Å². The molecule has 1 aliphatic heterocycles. The zero-order valence-electron chi connectivity index (χ0n) is 17.4. The van der Waals surface area contributed by atoms with Gasteiger partial charge in [0.1, 0.15) is 11.6 Å². The van der Waals surface area contributed by atoms with Gasteiger partial charge in [0.05, 0.1) is 24.0 Å².